The third kappa shape index (κ3) is 2.14. The van der Waals surface area contributed by atoms with Gasteiger partial charge in [0.15, 0.2) is 0 Å². The molecule has 0 aliphatic rings. The summed E-state index contributed by atoms with van der Waals surface area (Å²) in [6.45, 7) is 0. The lowest BCUT2D eigenvalue weighted by Crippen LogP contribution is -2.13. The van der Waals surface area contributed by atoms with Gasteiger partial charge in [-0.05, 0) is 6.07 Å². The Labute approximate surface area is 99.5 Å². The molecule has 18 heavy (non-hydrogen) atoms. The minimum absolute atomic E-state index is 0.0134. The molecule has 0 bridgehead atoms. The van der Waals surface area contributed by atoms with E-state index in [4.69, 9.17) is 5.73 Å². The van der Waals surface area contributed by atoms with Crippen LogP contribution in [0.2, 0.25) is 0 Å². The van der Waals surface area contributed by atoms with Crippen molar-refractivity contribution in [3.05, 3.63) is 41.3 Å². The van der Waals surface area contributed by atoms with Crippen LogP contribution in [-0.2, 0) is 6.18 Å². The normalized spacial score (nSPS) is 13.6. The largest absolute Gasteiger partial charge is 0.416 e. The minimum atomic E-state index is -4.57. The number of halogens is 3. The number of hydrogen-bond donors (Lipinski definition) is 3. The molecular formula is C10H9F3N4O. The molecular weight excluding hydrogens is 249 g/mol. The van der Waals surface area contributed by atoms with E-state index in [1.807, 2.05) is 0 Å². The number of aromatic amines is 1. The number of nitrogens with two attached hydrogens (primary N) is 1. The number of hydrogen-bond acceptors (Lipinski definition) is 4. The van der Waals surface area contributed by atoms with Gasteiger partial charge in [-0.1, -0.05) is 0 Å². The van der Waals surface area contributed by atoms with E-state index in [9.17, 15) is 18.3 Å². The number of rotatable bonds is 2. The molecule has 8 heteroatoms. The molecule has 0 aliphatic heterocycles. The summed E-state index contributed by atoms with van der Waals surface area (Å²) < 4.78 is 38.3. The van der Waals surface area contributed by atoms with Gasteiger partial charge in [-0.3, -0.25) is 10.1 Å². The summed E-state index contributed by atoms with van der Waals surface area (Å²) in [4.78, 5) is 3.59. The van der Waals surface area contributed by atoms with E-state index >= 15 is 0 Å². The quantitative estimate of drug-likeness (QED) is 0.761. The Balaban J connectivity index is 2.49. The summed E-state index contributed by atoms with van der Waals surface area (Å²) >= 11 is 0. The standard InChI is InChI=1S/C10H9F3N4O/c11-10(12,13)7-1-2-15-3-5(7)8(18)6-4-16-17-9(6)14/h1-4,8,18H,(H3,14,16,17). The fraction of sp³-hybridized carbons (Fsp3) is 0.200. The maximum Gasteiger partial charge on any atom is 0.416 e. The van der Waals surface area contributed by atoms with E-state index in [1.54, 1.807) is 0 Å². The summed E-state index contributed by atoms with van der Waals surface area (Å²) in [7, 11) is 0. The second-order valence-electron chi connectivity index (χ2n) is 3.60. The molecule has 5 nitrogen and oxygen atoms in total. The molecule has 0 saturated carbocycles. The number of aromatic nitrogens is 3. The summed E-state index contributed by atoms with van der Waals surface area (Å²) in [5, 5.41) is 15.8. The third-order valence-electron chi connectivity index (χ3n) is 2.45. The number of anilines is 1. The number of aliphatic hydroxyl groups excluding tert-OH is 1. The highest BCUT2D eigenvalue weighted by molar-refractivity contribution is 5.44. The van der Waals surface area contributed by atoms with Gasteiger partial charge in [0, 0.05) is 23.5 Å². The number of nitrogens with zero attached hydrogens (tertiary/aromatic N) is 2. The zero-order chi connectivity index (χ0) is 13.3. The van der Waals surface area contributed by atoms with Crippen molar-refractivity contribution in [2.24, 2.45) is 0 Å². The van der Waals surface area contributed by atoms with Gasteiger partial charge in [-0.15, -0.1) is 0 Å². The first-order chi connectivity index (χ1) is 8.41. The number of alkyl halides is 3. The monoisotopic (exact) mass is 258 g/mol. The first kappa shape index (κ1) is 12.4. The average Bonchev–Trinajstić information content (AvgIpc) is 2.73. The first-order valence-corrected chi connectivity index (χ1v) is 4.89. The van der Waals surface area contributed by atoms with Crippen molar-refractivity contribution in [2.75, 3.05) is 5.73 Å². The fourth-order valence-corrected chi connectivity index (χ4v) is 1.57. The van der Waals surface area contributed by atoms with E-state index in [-0.39, 0.29) is 16.9 Å². The smallest absolute Gasteiger partial charge is 0.384 e. The molecule has 0 spiro atoms. The van der Waals surface area contributed by atoms with Crippen LogP contribution in [0.5, 0.6) is 0 Å². The van der Waals surface area contributed by atoms with Crippen molar-refractivity contribution in [3.8, 4) is 0 Å². The number of H-pyrrole nitrogens is 1. The Morgan fingerprint density at radius 1 is 1.28 bits per heavy atom. The Kier molecular flexibility index (Phi) is 2.95. The molecule has 0 fully saturated rings. The average molecular weight is 258 g/mol. The van der Waals surface area contributed by atoms with Crippen LogP contribution in [0.1, 0.15) is 22.8 Å². The fourth-order valence-electron chi connectivity index (χ4n) is 1.57. The van der Waals surface area contributed by atoms with Crippen LogP contribution < -0.4 is 5.73 Å². The maximum atomic E-state index is 12.8. The van der Waals surface area contributed by atoms with E-state index < -0.39 is 17.8 Å². The number of aliphatic hydroxyl groups is 1. The van der Waals surface area contributed by atoms with E-state index in [0.29, 0.717) is 0 Å². The first-order valence-electron chi connectivity index (χ1n) is 4.89. The molecule has 1 unspecified atom stereocenters. The number of nitrogens with one attached hydrogen (secondary N) is 1. The van der Waals surface area contributed by atoms with Crippen molar-refractivity contribution >= 4 is 5.82 Å². The molecule has 2 aromatic heterocycles. The van der Waals surface area contributed by atoms with E-state index in [1.165, 1.54) is 6.20 Å². The molecule has 0 aliphatic carbocycles. The Bertz CT molecular complexity index is 552. The molecule has 4 N–H and O–H groups in total. The molecule has 2 heterocycles. The van der Waals surface area contributed by atoms with Crippen LogP contribution in [0.15, 0.2) is 24.7 Å². The van der Waals surface area contributed by atoms with Crippen LogP contribution in [-0.4, -0.2) is 20.3 Å². The highest BCUT2D eigenvalue weighted by Crippen LogP contribution is 2.36. The highest BCUT2D eigenvalue weighted by atomic mass is 19.4. The molecule has 2 aromatic rings. The molecule has 0 amide bonds. The summed E-state index contributed by atoms with van der Waals surface area (Å²) in [5.74, 6) is 0.0134. The molecule has 1 atom stereocenters. The lowest BCUT2D eigenvalue weighted by Gasteiger charge is -2.16. The van der Waals surface area contributed by atoms with Crippen LogP contribution >= 0.6 is 0 Å². The zero-order valence-electron chi connectivity index (χ0n) is 8.94. The van der Waals surface area contributed by atoms with E-state index in [0.717, 1.165) is 18.5 Å². The lowest BCUT2D eigenvalue weighted by molar-refractivity contribution is -0.139. The van der Waals surface area contributed by atoms with Gasteiger partial charge in [-0.2, -0.15) is 18.3 Å². The SMILES string of the molecule is Nc1[nH]ncc1C(O)c1cnccc1C(F)(F)F. The van der Waals surface area contributed by atoms with Gasteiger partial charge < -0.3 is 10.8 Å². The van der Waals surface area contributed by atoms with Crippen LogP contribution in [0.4, 0.5) is 19.0 Å². The van der Waals surface area contributed by atoms with Gasteiger partial charge in [0.2, 0.25) is 0 Å². The van der Waals surface area contributed by atoms with Crippen LogP contribution in [0.25, 0.3) is 0 Å². The molecule has 0 aromatic carbocycles. The number of pyridine rings is 1. The van der Waals surface area contributed by atoms with Crippen molar-refractivity contribution in [1.29, 1.82) is 0 Å². The molecule has 0 saturated heterocycles. The second-order valence-corrected chi connectivity index (χ2v) is 3.60. The van der Waals surface area contributed by atoms with Crippen LogP contribution in [0.3, 0.4) is 0 Å². The topological polar surface area (TPSA) is 87.8 Å². The van der Waals surface area contributed by atoms with Crippen molar-refractivity contribution in [2.45, 2.75) is 12.3 Å². The number of nitrogen functional groups attached to an aromatic ring is 1. The zero-order valence-corrected chi connectivity index (χ0v) is 8.94. The van der Waals surface area contributed by atoms with Crippen molar-refractivity contribution in [3.63, 3.8) is 0 Å². The van der Waals surface area contributed by atoms with Gasteiger partial charge >= 0.3 is 6.18 Å². The van der Waals surface area contributed by atoms with Crippen LogP contribution in [0, 0.1) is 0 Å². The minimum Gasteiger partial charge on any atom is -0.384 e. The van der Waals surface area contributed by atoms with Crippen molar-refractivity contribution < 1.29 is 18.3 Å². The third-order valence-corrected chi connectivity index (χ3v) is 2.45. The Hall–Kier alpha value is -2.09. The predicted molar refractivity (Wildman–Crippen MR) is 56.3 cm³/mol. The van der Waals surface area contributed by atoms with Gasteiger partial charge in [0.1, 0.15) is 11.9 Å². The summed E-state index contributed by atoms with van der Waals surface area (Å²) in [6, 6.07) is 0.800. The Morgan fingerprint density at radius 2 is 2.00 bits per heavy atom. The molecule has 96 valence electrons. The second kappa shape index (κ2) is 4.30. The summed E-state index contributed by atoms with van der Waals surface area (Å²) in [6.07, 6.45) is -2.96. The molecule has 2 rings (SSSR count). The predicted octanol–water partition coefficient (Wildman–Crippen LogP) is 1.49. The molecule has 0 radical (unpaired) electrons. The van der Waals surface area contributed by atoms with Gasteiger partial charge in [0.25, 0.3) is 0 Å². The Morgan fingerprint density at radius 3 is 2.56 bits per heavy atom. The van der Waals surface area contributed by atoms with Crippen molar-refractivity contribution in [1.82, 2.24) is 15.2 Å². The van der Waals surface area contributed by atoms with Gasteiger partial charge in [-0.25, -0.2) is 0 Å². The lowest BCUT2D eigenvalue weighted by atomic mass is 10.0. The van der Waals surface area contributed by atoms with E-state index in [2.05, 4.69) is 15.2 Å². The highest BCUT2D eigenvalue weighted by Gasteiger charge is 2.35. The van der Waals surface area contributed by atoms with Gasteiger partial charge in [0.05, 0.1) is 11.8 Å². The maximum absolute atomic E-state index is 12.8. The summed E-state index contributed by atoms with van der Waals surface area (Å²) in [5.41, 5.74) is 4.22.